The minimum Gasteiger partial charge on any atom is -0.389 e. The first-order chi connectivity index (χ1) is 8.47. The van der Waals surface area contributed by atoms with Crippen molar-refractivity contribution in [2.75, 3.05) is 13.1 Å². The molecule has 2 N–H and O–H groups in total. The third-order valence-electron chi connectivity index (χ3n) is 3.80. The third-order valence-corrected chi connectivity index (χ3v) is 4.38. The van der Waals surface area contributed by atoms with Gasteiger partial charge in [0.15, 0.2) is 0 Å². The Morgan fingerprint density at radius 1 is 1.39 bits per heavy atom. The van der Waals surface area contributed by atoms with E-state index >= 15 is 0 Å². The molecular formula is C14H19ClN2S. The van der Waals surface area contributed by atoms with Gasteiger partial charge >= 0.3 is 0 Å². The number of thiocarbonyl (C=S) groups is 1. The molecule has 0 saturated carbocycles. The van der Waals surface area contributed by atoms with Crippen LogP contribution in [-0.2, 0) is 6.54 Å². The van der Waals surface area contributed by atoms with Crippen LogP contribution in [0.4, 0.5) is 0 Å². The lowest BCUT2D eigenvalue weighted by atomic mass is 10.0. The highest BCUT2D eigenvalue weighted by atomic mass is 35.5. The van der Waals surface area contributed by atoms with Gasteiger partial charge in [0, 0.05) is 30.2 Å². The molecule has 1 fully saturated rings. The van der Waals surface area contributed by atoms with Crippen LogP contribution in [0.15, 0.2) is 18.2 Å². The van der Waals surface area contributed by atoms with E-state index in [9.17, 15) is 0 Å². The van der Waals surface area contributed by atoms with Gasteiger partial charge in [-0.3, -0.25) is 4.90 Å². The van der Waals surface area contributed by atoms with E-state index < -0.39 is 0 Å². The minimum absolute atomic E-state index is 0.395. The molecule has 0 aromatic heterocycles. The molecule has 0 aliphatic carbocycles. The third kappa shape index (κ3) is 3.02. The highest BCUT2D eigenvalue weighted by Crippen LogP contribution is 2.26. The van der Waals surface area contributed by atoms with Crippen molar-refractivity contribution in [2.24, 2.45) is 17.6 Å². The van der Waals surface area contributed by atoms with Crippen molar-refractivity contribution in [1.82, 2.24) is 4.90 Å². The van der Waals surface area contributed by atoms with Crippen LogP contribution in [0.5, 0.6) is 0 Å². The lowest BCUT2D eigenvalue weighted by Gasteiger charge is -2.16. The summed E-state index contributed by atoms with van der Waals surface area (Å²) in [7, 11) is 0. The molecule has 98 valence electrons. The Morgan fingerprint density at radius 3 is 2.50 bits per heavy atom. The second kappa shape index (κ2) is 5.55. The maximum atomic E-state index is 6.28. The molecule has 0 amide bonds. The van der Waals surface area contributed by atoms with E-state index in [2.05, 4.69) is 18.7 Å². The topological polar surface area (TPSA) is 29.3 Å². The fourth-order valence-electron chi connectivity index (χ4n) is 2.45. The largest absolute Gasteiger partial charge is 0.389 e. The molecule has 1 heterocycles. The first-order valence-corrected chi connectivity index (χ1v) is 7.06. The summed E-state index contributed by atoms with van der Waals surface area (Å²) in [6.07, 6.45) is 0. The molecule has 2 nitrogen and oxygen atoms in total. The molecule has 1 aromatic carbocycles. The number of hydrogen-bond acceptors (Lipinski definition) is 2. The maximum absolute atomic E-state index is 6.28. The number of hydrogen-bond donors (Lipinski definition) is 1. The van der Waals surface area contributed by atoms with Crippen LogP contribution in [0.3, 0.4) is 0 Å². The summed E-state index contributed by atoms with van der Waals surface area (Å²) in [5.74, 6) is 1.53. The molecule has 1 aliphatic rings. The van der Waals surface area contributed by atoms with Gasteiger partial charge < -0.3 is 5.73 Å². The predicted octanol–water partition coefficient (Wildman–Crippen LogP) is 3.06. The van der Waals surface area contributed by atoms with E-state index in [1.165, 1.54) is 0 Å². The summed E-state index contributed by atoms with van der Waals surface area (Å²) in [5, 5.41) is 0.757. The van der Waals surface area contributed by atoms with Crippen molar-refractivity contribution in [3.8, 4) is 0 Å². The Labute approximate surface area is 119 Å². The molecule has 2 unspecified atom stereocenters. The molecule has 0 spiro atoms. The second-order valence-corrected chi connectivity index (χ2v) is 6.17. The van der Waals surface area contributed by atoms with Gasteiger partial charge in [-0.25, -0.2) is 0 Å². The molecule has 1 aromatic rings. The summed E-state index contributed by atoms with van der Waals surface area (Å²) < 4.78 is 0. The number of likely N-dealkylation sites (tertiary alicyclic amines) is 1. The number of halogens is 1. The summed E-state index contributed by atoms with van der Waals surface area (Å²) >= 11 is 11.2. The van der Waals surface area contributed by atoms with Gasteiger partial charge in [0.25, 0.3) is 0 Å². The number of benzene rings is 1. The van der Waals surface area contributed by atoms with Crippen LogP contribution in [0, 0.1) is 11.8 Å². The van der Waals surface area contributed by atoms with Crippen LogP contribution in [0.25, 0.3) is 0 Å². The van der Waals surface area contributed by atoms with Crippen LogP contribution in [-0.4, -0.2) is 23.0 Å². The maximum Gasteiger partial charge on any atom is 0.104 e. The molecule has 18 heavy (non-hydrogen) atoms. The Morgan fingerprint density at radius 2 is 2.00 bits per heavy atom. The van der Waals surface area contributed by atoms with E-state index in [-0.39, 0.29) is 0 Å². The summed E-state index contributed by atoms with van der Waals surface area (Å²) in [6, 6.07) is 5.85. The van der Waals surface area contributed by atoms with Crippen LogP contribution >= 0.6 is 23.8 Å². The Balaban J connectivity index is 2.08. The lowest BCUT2D eigenvalue weighted by Crippen LogP contribution is -2.20. The van der Waals surface area contributed by atoms with Gasteiger partial charge in [0.1, 0.15) is 4.99 Å². The quantitative estimate of drug-likeness (QED) is 0.864. The highest BCUT2D eigenvalue weighted by molar-refractivity contribution is 7.80. The first-order valence-electron chi connectivity index (χ1n) is 6.28. The predicted molar refractivity (Wildman–Crippen MR) is 80.9 cm³/mol. The van der Waals surface area contributed by atoms with Crippen molar-refractivity contribution in [3.63, 3.8) is 0 Å². The van der Waals surface area contributed by atoms with E-state index in [0.717, 1.165) is 47.6 Å². The van der Waals surface area contributed by atoms with Gasteiger partial charge in [-0.05, 0) is 23.5 Å². The zero-order chi connectivity index (χ0) is 13.3. The average molecular weight is 283 g/mol. The van der Waals surface area contributed by atoms with Crippen molar-refractivity contribution >= 4 is 28.8 Å². The Kier molecular flexibility index (Phi) is 4.25. The van der Waals surface area contributed by atoms with Crippen molar-refractivity contribution in [3.05, 3.63) is 34.3 Å². The standard InChI is InChI=1S/C14H19ClN2S/c1-9-6-17(7-10(9)2)8-12-4-3-11(14(16)18)5-13(12)15/h3-5,9-10H,6-8H2,1-2H3,(H2,16,18). The zero-order valence-corrected chi connectivity index (χ0v) is 12.4. The monoisotopic (exact) mass is 282 g/mol. The molecule has 1 aliphatic heterocycles. The molecule has 4 heteroatoms. The minimum atomic E-state index is 0.395. The Hall–Kier alpha value is -0.640. The van der Waals surface area contributed by atoms with Gasteiger partial charge in [-0.2, -0.15) is 0 Å². The van der Waals surface area contributed by atoms with E-state index in [4.69, 9.17) is 29.6 Å². The fraction of sp³-hybridized carbons (Fsp3) is 0.500. The lowest BCUT2D eigenvalue weighted by molar-refractivity contribution is 0.316. The first kappa shape index (κ1) is 13.8. The van der Waals surface area contributed by atoms with Crippen molar-refractivity contribution in [1.29, 1.82) is 0 Å². The van der Waals surface area contributed by atoms with E-state index in [1.54, 1.807) is 0 Å². The summed E-state index contributed by atoms with van der Waals surface area (Å²) in [6.45, 7) is 7.82. The molecule has 0 radical (unpaired) electrons. The second-order valence-electron chi connectivity index (χ2n) is 5.32. The molecule has 0 bridgehead atoms. The Bertz CT molecular complexity index is 451. The fourth-order valence-corrected chi connectivity index (χ4v) is 2.82. The zero-order valence-electron chi connectivity index (χ0n) is 10.8. The van der Waals surface area contributed by atoms with Crippen LogP contribution < -0.4 is 5.73 Å². The molecule has 1 saturated heterocycles. The van der Waals surface area contributed by atoms with Gasteiger partial charge in [-0.15, -0.1) is 0 Å². The highest BCUT2D eigenvalue weighted by Gasteiger charge is 2.26. The SMILES string of the molecule is CC1CN(Cc2ccc(C(N)=S)cc2Cl)CC1C. The molecule has 2 atom stereocenters. The van der Waals surface area contributed by atoms with Crippen LogP contribution in [0.1, 0.15) is 25.0 Å². The average Bonchev–Trinajstić information content (AvgIpc) is 2.61. The van der Waals surface area contributed by atoms with Gasteiger partial charge in [0.2, 0.25) is 0 Å². The number of rotatable bonds is 3. The molecule has 2 rings (SSSR count). The van der Waals surface area contributed by atoms with Crippen LogP contribution in [0.2, 0.25) is 5.02 Å². The smallest absolute Gasteiger partial charge is 0.104 e. The molecular weight excluding hydrogens is 264 g/mol. The van der Waals surface area contributed by atoms with Crippen molar-refractivity contribution < 1.29 is 0 Å². The van der Waals surface area contributed by atoms with E-state index in [1.807, 2.05) is 18.2 Å². The van der Waals surface area contributed by atoms with Gasteiger partial charge in [0.05, 0.1) is 0 Å². The number of nitrogens with two attached hydrogens (primary N) is 1. The summed E-state index contributed by atoms with van der Waals surface area (Å²) in [5.41, 5.74) is 7.58. The normalized spacial score (nSPS) is 24.4. The number of nitrogens with zero attached hydrogens (tertiary/aromatic N) is 1. The summed E-state index contributed by atoms with van der Waals surface area (Å²) in [4.78, 5) is 2.85. The van der Waals surface area contributed by atoms with Gasteiger partial charge in [-0.1, -0.05) is 49.8 Å². The van der Waals surface area contributed by atoms with Crippen molar-refractivity contribution in [2.45, 2.75) is 20.4 Å². The van der Waals surface area contributed by atoms with E-state index in [0.29, 0.717) is 4.99 Å².